The van der Waals surface area contributed by atoms with Gasteiger partial charge < -0.3 is 11.2 Å². The number of rotatable bonds is 9. The molecular weight excluding hydrogens is 410 g/mol. The van der Waals surface area contributed by atoms with E-state index in [-0.39, 0.29) is 22.5 Å². The highest BCUT2D eigenvalue weighted by Gasteiger charge is 2.11. The molecule has 2 aromatic carbocycles. The lowest BCUT2D eigenvalue weighted by Crippen LogP contribution is -2.32. The Morgan fingerprint density at radius 1 is 1.10 bits per heavy atom. The van der Waals surface area contributed by atoms with Crippen LogP contribution in [0.3, 0.4) is 0 Å². The maximum atomic E-state index is 12.4. The van der Waals surface area contributed by atoms with Crippen LogP contribution in [0.2, 0.25) is 0 Å². The minimum absolute atomic E-state index is 0.0576. The topological polar surface area (TPSA) is 103 Å². The van der Waals surface area contributed by atoms with Crippen molar-refractivity contribution in [1.29, 1.82) is 0 Å². The van der Waals surface area contributed by atoms with Gasteiger partial charge in [0.05, 0.1) is 5.75 Å². The molecule has 0 spiro atoms. The lowest BCUT2D eigenvalue weighted by Gasteiger charge is -2.08. The van der Waals surface area contributed by atoms with Crippen LogP contribution in [0.5, 0.6) is 0 Å². The highest BCUT2D eigenvalue weighted by atomic mass is 32.2. The molecule has 7 nitrogen and oxygen atoms in total. The van der Waals surface area contributed by atoms with Gasteiger partial charge in [0.25, 0.3) is 5.56 Å². The van der Waals surface area contributed by atoms with Gasteiger partial charge >= 0.3 is 0 Å². The fraction of sp³-hybridized carbons (Fsp3) is 0.217. The van der Waals surface area contributed by atoms with Crippen LogP contribution in [0.15, 0.2) is 64.5 Å². The van der Waals surface area contributed by atoms with Gasteiger partial charge in [0.2, 0.25) is 11.1 Å². The second-order valence-corrected chi connectivity index (χ2v) is 7.87. The summed E-state index contributed by atoms with van der Waals surface area (Å²) in [4.78, 5) is 24.7. The Morgan fingerprint density at radius 2 is 1.84 bits per heavy atom. The van der Waals surface area contributed by atoms with Crippen LogP contribution in [0.1, 0.15) is 36.6 Å². The van der Waals surface area contributed by atoms with Crippen LogP contribution < -0.4 is 16.7 Å². The number of hydrogen-bond donors (Lipinski definition) is 2. The summed E-state index contributed by atoms with van der Waals surface area (Å²) in [6.45, 7) is 2.16. The summed E-state index contributed by atoms with van der Waals surface area (Å²) in [6.07, 6.45) is 6.66. The van der Waals surface area contributed by atoms with Gasteiger partial charge in [0, 0.05) is 5.69 Å². The Hall–Kier alpha value is -3.39. The zero-order valence-corrected chi connectivity index (χ0v) is 18.1. The van der Waals surface area contributed by atoms with Crippen molar-refractivity contribution in [2.75, 3.05) is 16.9 Å². The molecule has 0 aliphatic rings. The van der Waals surface area contributed by atoms with E-state index in [4.69, 9.17) is 5.84 Å². The van der Waals surface area contributed by atoms with E-state index in [0.717, 1.165) is 47.0 Å². The molecule has 3 N–H and O–H groups in total. The standard InChI is InChI=1S/C23H25N5O2S/c1-2-3-7-18-10-13-19(14-11-18)25-21(29)16-31-23-27-26-20(22(30)28(23)24)15-12-17-8-5-4-6-9-17/h4-6,8-15H,2-3,7,16,24H2,1H3,(H,25,29)/b15-12+. The predicted octanol–water partition coefficient (Wildman–Crippen LogP) is 3.60. The summed E-state index contributed by atoms with van der Waals surface area (Å²) in [5.41, 5.74) is 2.55. The average molecular weight is 436 g/mol. The molecule has 0 aliphatic carbocycles. The Bertz CT molecular complexity index is 1100. The molecule has 0 aliphatic heterocycles. The van der Waals surface area contributed by atoms with Crippen molar-refractivity contribution >= 4 is 35.5 Å². The zero-order chi connectivity index (χ0) is 22.1. The molecule has 0 saturated carbocycles. The van der Waals surface area contributed by atoms with Gasteiger partial charge in [-0.15, -0.1) is 10.2 Å². The number of aromatic nitrogens is 3. The van der Waals surface area contributed by atoms with Crippen LogP contribution in [0.4, 0.5) is 5.69 Å². The van der Waals surface area contributed by atoms with Crippen LogP contribution >= 0.6 is 11.8 Å². The SMILES string of the molecule is CCCCc1ccc(NC(=O)CSc2nnc(/C=C/c3ccccc3)c(=O)n2N)cc1. The molecule has 8 heteroatoms. The number of nitrogen functional groups attached to an aromatic ring is 1. The molecule has 0 bridgehead atoms. The van der Waals surface area contributed by atoms with Gasteiger partial charge in [-0.05, 0) is 42.2 Å². The first-order valence-electron chi connectivity index (χ1n) is 10.1. The normalized spacial score (nSPS) is 11.0. The molecule has 31 heavy (non-hydrogen) atoms. The van der Waals surface area contributed by atoms with E-state index in [9.17, 15) is 9.59 Å². The van der Waals surface area contributed by atoms with Gasteiger partial charge in [-0.25, -0.2) is 0 Å². The number of carbonyl (C=O) groups is 1. The van der Waals surface area contributed by atoms with Crippen molar-refractivity contribution in [3.63, 3.8) is 0 Å². The number of amides is 1. The van der Waals surface area contributed by atoms with E-state index >= 15 is 0 Å². The number of nitrogens with two attached hydrogens (primary N) is 1. The Labute approximate surface area is 185 Å². The number of hydrogen-bond acceptors (Lipinski definition) is 6. The number of nitrogens with zero attached hydrogens (tertiary/aromatic N) is 3. The van der Waals surface area contributed by atoms with Crippen molar-refractivity contribution in [2.24, 2.45) is 0 Å². The largest absolute Gasteiger partial charge is 0.334 e. The van der Waals surface area contributed by atoms with Crippen molar-refractivity contribution in [3.05, 3.63) is 81.8 Å². The molecule has 160 valence electrons. The number of nitrogens with one attached hydrogen (secondary N) is 1. The molecule has 0 atom stereocenters. The van der Waals surface area contributed by atoms with E-state index in [1.54, 1.807) is 12.2 Å². The first kappa shape index (κ1) is 22.3. The quantitative estimate of drug-likeness (QED) is 0.393. The Kier molecular flexibility index (Phi) is 8.00. The van der Waals surface area contributed by atoms with E-state index in [0.29, 0.717) is 0 Å². The van der Waals surface area contributed by atoms with Gasteiger partial charge in [-0.3, -0.25) is 9.59 Å². The van der Waals surface area contributed by atoms with Gasteiger partial charge in [-0.1, -0.05) is 73.6 Å². The van der Waals surface area contributed by atoms with Crippen molar-refractivity contribution < 1.29 is 4.79 Å². The highest BCUT2D eigenvalue weighted by Crippen LogP contribution is 2.15. The number of aryl methyl sites for hydroxylation is 1. The second-order valence-electron chi connectivity index (χ2n) is 6.92. The van der Waals surface area contributed by atoms with Crippen LogP contribution in [0.25, 0.3) is 12.2 Å². The molecule has 3 aromatic rings. The fourth-order valence-electron chi connectivity index (χ4n) is 2.80. The highest BCUT2D eigenvalue weighted by molar-refractivity contribution is 7.99. The predicted molar refractivity (Wildman–Crippen MR) is 126 cm³/mol. The minimum Gasteiger partial charge on any atom is -0.334 e. The van der Waals surface area contributed by atoms with Gasteiger partial charge in [0.15, 0.2) is 5.69 Å². The van der Waals surface area contributed by atoms with Crippen molar-refractivity contribution in [3.8, 4) is 0 Å². The summed E-state index contributed by atoms with van der Waals surface area (Å²) in [7, 11) is 0. The molecule has 0 radical (unpaired) electrons. The summed E-state index contributed by atoms with van der Waals surface area (Å²) in [5.74, 6) is 5.71. The van der Waals surface area contributed by atoms with Crippen LogP contribution in [0, 0.1) is 0 Å². The zero-order valence-electron chi connectivity index (χ0n) is 17.3. The molecule has 0 saturated heterocycles. The first-order valence-corrected chi connectivity index (χ1v) is 11.0. The number of anilines is 1. The van der Waals surface area contributed by atoms with E-state index in [1.165, 1.54) is 5.56 Å². The number of thioether (sulfide) groups is 1. The third-order valence-corrected chi connectivity index (χ3v) is 5.45. The maximum absolute atomic E-state index is 12.4. The summed E-state index contributed by atoms with van der Waals surface area (Å²) < 4.78 is 0.915. The van der Waals surface area contributed by atoms with Crippen LogP contribution in [-0.4, -0.2) is 26.5 Å². The second kappa shape index (κ2) is 11.1. The lowest BCUT2D eigenvalue weighted by molar-refractivity contribution is -0.113. The molecule has 0 unspecified atom stereocenters. The summed E-state index contributed by atoms with van der Waals surface area (Å²) >= 11 is 1.05. The molecular formula is C23H25N5O2S. The first-order chi connectivity index (χ1) is 15.1. The number of unbranched alkanes of at least 4 members (excludes halogenated alkanes) is 1. The average Bonchev–Trinajstić information content (AvgIpc) is 2.79. The van der Waals surface area contributed by atoms with Crippen molar-refractivity contribution in [2.45, 2.75) is 31.3 Å². The Balaban J connectivity index is 1.57. The van der Waals surface area contributed by atoms with Crippen LogP contribution in [-0.2, 0) is 11.2 Å². The van der Waals surface area contributed by atoms with E-state index in [1.807, 2.05) is 54.6 Å². The van der Waals surface area contributed by atoms with Crippen molar-refractivity contribution in [1.82, 2.24) is 14.9 Å². The molecule has 1 amide bonds. The number of carbonyl (C=O) groups excluding carboxylic acids is 1. The fourth-order valence-corrected chi connectivity index (χ4v) is 3.46. The molecule has 1 aromatic heterocycles. The summed E-state index contributed by atoms with van der Waals surface area (Å²) in [5, 5.41) is 10.9. The smallest absolute Gasteiger partial charge is 0.298 e. The van der Waals surface area contributed by atoms with Gasteiger partial charge in [-0.2, -0.15) is 4.68 Å². The van der Waals surface area contributed by atoms with Gasteiger partial charge in [0.1, 0.15) is 0 Å². The monoisotopic (exact) mass is 435 g/mol. The maximum Gasteiger partial charge on any atom is 0.298 e. The summed E-state index contributed by atoms with van der Waals surface area (Å²) in [6, 6.07) is 17.3. The molecule has 0 fully saturated rings. The minimum atomic E-state index is -0.479. The Morgan fingerprint density at radius 3 is 2.55 bits per heavy atom. The molecule has 1 heterocycles. The third kappa shape index (κ3) is 6.55. The number of benzene rings is 2. The molecule has 3 rings (SSSR count). The van der Waals surface area contributed by atoms with E-state index < -0.39 is 5.56 Å². The lowest BCUT2D eigenvalue weighted by atomic mass is 10.1. The third-order valence-electron chi connectivity index (χ3n) is 4.51. The van der Waals surface area contributed by atoms with E-state index in [2.05, 4.69) is 22.4 Å².